The Hall–Kier alpha value is -3.67. The smallest absolute Gasteiger partial charge is 0.416 e. The molecule has 6 nitrogen and oxygen atoms in total. The molecular weight excluding hydrogens is 399 g/mol. The standard InChI is InChI=1S/C21H16F3N3O3/c22-21(23,24)15-6-8-18-17(12-15)26-16(7-9-19(28)30-11-10-25)20(29)27(18)13-14-4-2-1-3-5-14/h1-6,8,12H,7,9,11,13H2. The van der Waals surface area contributed by atoms with E-state index < -0.39 is 29.9 Å². The Morgan fingerprint density at radius 3 is 2.57 bits per heavy atom. The van der Waals surface area contributed by atoms with Crippen LogP contribution >= 0.6 is 0 Å². The summed E-state index contributed by atoms with van der Waals surface area (Å²) >= 11 is 0. The maximum atomic E-state index is 13.1. The normalized spacial score (nSPS) is 11.3. The molecule has 0 radical (unpaired) electrons. The van der Waals surface area contributed by atoms with E-state index >= 15 is 0 Å². The van der Waals surface area contributed by atoms with Crippen LogP contribution in [-0.4, -0.2) is 22.1 Å². The summed E-state index contributed by atoms with van der Waals surface area (Å²) in [6.07, 6.45) is -4.90. The fraction of sp³-hybridized carbons (Fsp3) is 0.238. The molecule has 0 N–H and O–H groups in total. The highest BCUT2D eigenvalue weighted by atomic mass is 19.4. The van der Waals surface area contributed by atoms with Gasteiger partial charge in [0.2, 0.25) is 0 Å². The lowest BCUT2D eigenvalue weighted by atomic mass is 10.1. The largest absolute Gasteiger partial charge is 0.450 e. The van der Waals surface area contributed by atoms with Crippen molar-refractivity contribution in [3.63, 3.8) is 0 Å². The zero-order valence-electron chi connectivity index (χ0n) is 15.6. The summed E-state index contributed by atoms with van der Waals surface area (Å²) in [7, 11) is 0. The molecule has 0 aliphatic rings. The Balaban J connectivity index is 2.06. The molecule has 0 fully saturated rings. The average molecular weight is 415 g/mol. The number of aromatic nitrogens is 2. The lowest BCUT2D eigenvalue weighted by Crippen LogP contribution is -2.27. The maximum Gasteiger partial charge on any atom is 0.416 e. The quantitative estimate of drug-likeness (QED) is 0.576. The van der Waals surface area contributed by atoms with Crippen molar-refractivity contribution in [2.75, 3.05) is 6.61 Å². The molecule has 0 amide bonds. The van der Waals surface area contributed by atoms with Gasteiger partial charge in [0.15, 0.2) is 6.61 Å². The van der Waals surface area contributed by atoms with Crippen LogP contribution in [0.2, 0.25) is 0 Å². The fourth-order valence-corrected chi connectivity index (χ4v) is 2.97. The number of nitrogens with zero attached hydrogens (tertiary/aromatic N) is 3. The van der Waals surface area contributed by atoms with Crippen molar-refractivity contribution in [2.45, 2.75) is 25.6 Å². The summed E-state index contributed by atoms with van der Waals surface area (Å²) in [5.41, 5.74) is -0.391. The summed E-state index contributed by atoms with van der Waals surface area (Å²) in [5.74, 6) is -0.698. The second kappa shape index (κ2) is 8.78. The van der Waals surface area contributed by atoms with E-state index in [2.05, 4.69) is 9.72 Å². The number of fused-ring (bicyclic) bond motifs is 1. The van der Waals surface area contributed by atoms with Gasteiger partial charge in [-0.15, -0.1) is 0 Å². The molecule has 0 unspecified atom stereocenters. The molecule has 1 aromatic heterocycles. The highest BCUT2D eigenvalue weighted by Crippen LogP contribution is 2.31. The first kappa shape index (κ1) is 21.0. The van der Waals surface area contributed by atoms with Crippen molar-refractivity contribution in [3.8, 4) is 6.07 Å². The molecule has 3 rings (SSSR count). The van der Waals surface area contributed by atoms with E-state index in [1.165, 1.54) is 10.6 Å². The van der Waals surface area contributed by atoms with E-state index in [1.54, 1.807) is 30.3 Å². The van der Waals surface area contributed by atoms with Crippen LogP contribution in [0.25, 0.3) is 11.0 Å². The van der Waals surface area contributed by atoms with Crippen molar-refractivity contribution in [2.24, 2.45) is 0 Å². The van der Waals surface area contributed by atoms with Crippen LogP contribution in [0.3, 0.4) is 0 Å². The van der Waals surface area contributed by atoms with Crippen molar-refractivity contribution < 1.29 is 22.7 Å². The fourth-order valence-electron chi connectivity index (χ4n) is 2.97. The third kappa shape index (κ3) is 4.84. The van der Waals surface area contributed by atoms with Gasteiger partial charge in [-0.1, -0.05) is 30.3 Å². The van der Waals surface area contributed by atoms with Gasteiger partial charge >= 0.3 is 12.1 Å². The van der Waals surface area contributed by atoms with Crippen LogP contribution in [0.1, 0.15) is 23.2 Å². The molecule has 154 valence electrons. The van der Waals surface area contributed by atoms with Gasteiger partial charge in [0.1, 0.15) is 11.8 Å². The zero-order valence-corrected chi connectivity index (χ0v) is 15.6. The number of nitriles is 1. The molecule has 0 spiro atoms. The number of hydrogen-bond donors (Lipinski definition) is 0. The number of carbonyl (C=O) groups excluding carboxylic acids is 1. The molecule has 0 bridgehead atoms. The SMILES string of the molecule is N#CCOC(=O)CCc1nc2cc(C(F)(F)F)ccc2n(Cc2ccccc2)c1=O. The highest BCUT2D eigenvalue weighted by molar-refractivity contribution is 5.76. The van der Waals surface area contributed by atoms with Crippen LogP contribution in [0.5, 0.6) is 0 Å². The Kier molecular flexibility index (Phi) is 6.16. The lowest BCUT2D eigenvalue weighted by molar-refractivity contribution is -0.142. The molecule has 0 aliphatic carbocycles. The Morgan fingerprint density at radius 2 is 1.90 bits per heavy atom. The zero-order chi connectivity index (χ0) is 21.7. The van der Waals surface area contributed by atoms with Crippen molar-refractivity contribution in [3.05, 3.63) is 75.7 Å². The van der Waals surface area contributed by atoms with E-state index in [1.807, 2.05) is 6.07 Å². The first-order valence-corrected chi connectivity index (χ1v) is 8.97. The van der Waals surface area contributed by atoms with Gasteiger partial charge in [-0.3, -0.25) is 9.59 Å². The van der Waals surface area contributed by atoms with Gasteiger partial charge < -0.3 is 9.30 Å². The molecular formula is C21H16F3N3O3. The minimum Gasteiger partial charge on any atom is -0.450 e. The Morgan fingerprint density at radius 1 is 1.17 bits per heavy atom. The first-order valence-electron chi connectivity index (χ1n) is 8.97. The van der Waals surface area contributed by atoms with Gasteiger partial charge in [-0.25, -0.2) is 4.98 Å². The number of alkyl halides is 3. The van der Waals surface area contributed by atoms with Gasteiger partial charge in [-0.05, 0) is 23.8 Å². The number of carbonyl (C=O) groups is 1. The van der Waals surface area contributed by atoms with E-state index in [9.17, 15) is 22.8 Å². The minimum absolute atomic E-state index is 0.000693. The van der Waals surface area contributed by atoms with Gasteiger partial charge in [0, 0.05) is 6.42 Å². The Bertz CT molecular complexity index is 1170. The maximum absolute atomic E-state index is 13.1. The number of hydrogen-bond acceptors (Lipinski definition) is 5. The number of benzene rings is 2. The summed E-state index contributed by atoms with van der Waals surface area (Å²) < 4.78 is 45.4. The van der Waals surface area contributed by atoms with E-state index in [0.29, 0.717) is 0 Å². The number of halogens is 3. The van der Waals surface area contributed by atoms with Crippen LogP contribution in [-0.2, 0) is 28.7 Å². The summed E-state index contributed by atoms with van der Waals surface area (Å²) in [6, 6.07) is 13.6. The second-order valence-corrected chi connectivity index (χ2v) is 6.46. The van der Waals surface area contributed by atoms with E-state index in [-0.39, 0.29) is 36.1 Å². The van der Waals surface area contributed by atoms with Crippen molar-refractivity contribution >= 4 is 17.0 Å². The molecule has 2 aromatic carbocycles. The summed E-state index contributed by atoms with van der Waals surface area (Å²) in [5, 5.41) is 8.45. The van der Waals surface area contributed by atoms with Gasteiger partial charge in [0.05, 0.1) is 29.6 Å². The monoisotopic (exact) mass is 415 g/mol. The molecule has 0 aliphatic heterocycles. The van der Waals surface area contributed by atoms with Crippen LogP contribution in [0.4, 0.5) is 13.2 Å². The number of ether oxygens (including phenoxy) is 1. The molecule has 30 heavy (non-hydrogen) atoms. The molecule has 1 heterocycles. The van der Waals surface area contributed by atoms with Crippen LogP contribution in [0.15, 0.2) is 53.3 Å². The predicted octanol–water partition coefficient (Wildman–Crippen LogP) is 3.46. The second-order valence-electron chi connectivity index (χ2n) is 6.46. The molecule has 0 atom stereocenters. The van der Waals surface area contributed by atoms with E-state index in [0.717, 1.165) is 17.7 Å². The number of rotatable bonds is 6. The van der Waals surface area contributed by atoms with Crippen molar-refractivity contribution in [1.82, 2.24) is 9.55 Å². The Labute approximate surface area is 169 Å². The minimum atomic E-state index is -4.56. The van der Waals surface area contributed by atoms with Gasteiger partial charge in [-0.2, -0.15) is 18.4 Å². The third-order valence-electron chi connectivity index (χ3n) is 4.39. The molecule has 9 heteroatoms. The van der Waals surface area contributed by atoms with Crippen LogP contribution in [0, 0.1) is 11.3 Å². The topological polar surface area (TPSA) is 85.0 Å². The highest BCUT2D eigenvalue weighted by Gasteiger charge is 2.31. The lowest BCUT2D eigenvalue weighted by Gasteiger charge is -2.14. The summed E-state index contributed by atoms with van der Waals surface area (Å²) in [6.45, 7) is -0.285. The molecule has 3 aromatic rings. The van der Waals surface area contributed by atoms with Crippen LogP contribution < -0.4 is 5.56 Å². The van der Waals surface area contributed by atoms with E-state index in [4.69, 9.17) is 5.26 Å². The summed E-state index contributed by atoms with van der Waals surface area (Å²) in [4.78, 5) is 28.7. The molecule has 0 saturated carbocycles. The van der Waals surface area contributed by atoms with Gasteiger partial charge in [0.25, 0.3) is 5.56 Å². The first-order chi connectivity index (χ1) is 14.3. The number of aryl methyl sites for hydroxylation is 1. The van der Waals surface area contributed by atoms with Crippen molar-refractivity contribution in [1.29, 1.82) is 5.26 Å². The average Bonchev–Trinajstić information content (AvgIpc) is 2.72. The predicted molar refractivity (Wildman–Crippen MR) is 101 cm³/mol. The number of esters is 1. The third-order valence-corrected chi connectivity index (χ3v) is 4.39. The molecule has 0 saturated heterocycles.